The molecule has 0 saturated heterocycles. The summed E-state index contributed by atoms with van der Waals surface area (Å²) in [6.45, 7) is 3.55. The van der Waals surface area contributed by atoms with Crippen molar-refractivity contribution in [1.29, 1.82) is 0 Å². The lowest BCUT2D eigenvalue weighted by Crippen LogP contribution is -2.48. The van der Waals surface area contributed by atoms with Crippen LogP contribution in [-0.2, 0) is 4.79 Å². The van der Waals surface area contributed by atoms with Crippen LogP contribution in [0.25, 0.3) is 0 Å². The van der Waals surface area contributed by atoms with Crippen LogP contribution in [0.5, 0.6) is 0 Å². The number of carbonyl (C=O) groups excluding carboxylic acids is 1. The van der Waals surface area contributed by atoms with Gasteiger partial charge in [-0.25, -0.2) is 0 Å². The molecule has 0 aromatic heterocycles. The van der Waals surface area contributed by atoms with Gasteiger partial charge in [-0.3, -0.25) is 4.79 Å². The smallest absolute Gasteiger partial charge is 0.217 e. The average molecular weight is 190 g/mol. The second-order valence-corrected chi connectivity index (χ2v) is 4.64. The Bertz CT molecular complexity index is 179. The summed E-state index contributed by atoms with van der Waals surface area (Å²) >= 11 is 6.27. The van der Waals surface area contributed by atoms with Crippen LogP contribution in [0.4, 0.5) is 0 Å². The summed E-state index contributed by atoms with van der Waals surface area (Å²) in [4.78, 5) is 10.6. The van der Waals surface area contributed by atoms with E-state index in [1.807, 2.05) is 6.92 Å². The van der Waals surface area contributed by atoms with Crippen molar-refractivity contribution in [3.05, 3.63) is 0 Å². The first-order valence-electron chi connectivity index (χ1n) is 4.48. The monoisotopic (exact) mass is 189 g/mol. The molecular weight excluding hydrogens is 174 g/mol. The van der Waals surface area contributed by atoms with Crippen molar-refractivity contribution in [3.8, 4) is 0 Å². The maximum absolute atomic E-state index is 10.8. The Morgan fingerprint density at radius 2 is 2.25 bits per heavy atom. The van der Waals surface area contributed by atoms with Gasteiger partial charge >= 0.3 is 0 Å². The zero-order chi connectivity index (χ0) is 9.19. The Morgan fingerprint density at radius 1 is 1.58 bits per heavy atom. The molecule has 0 bridgehead atoms. The zero-order valence-electron chi connectivity index (χ0n) is 7.69. The summed E-state index contributed by atoms with van der Waals surface area (Å²) in [5.74, 6) is 0.0220. The van der Waals surface area contributed by atoms with Crippen molar-refractivity contribution in [2.24, 2.45) is 0 Å². The van der Waals surface area contributed by atoms with Gasteiger partial charge in [-0.1, -0.05) is 12.8 Å². The molecule has 0 aromatic rings. The third kappa shape index (κ3) is 2.37. The Kier molecular flexibility index (Phi) is 2.99. The summed E-state index contributed by atoms with van der Waals surface area (Å²) in [5.41, 5.74) is 0. The van der Waals surface area contributed by atoms with E-state index in [4.69, 9.17) is 11.6 Å². The van der Waals surface area contributed by atoms with Gasteiger partial charge in [-0.2, -0.15) is 0 Å². The minimum Gasteiger partial charge on any atom is -0.352 e. The third-order valence-corrected chi connectivity index (χ3v) is 2.96. The SMILES string of the molecule is CC(=O)N[C@@H]1CCCC[C@@]1(C)Cl. The van der Waals surface area contributed by atoms with Crippen LogP contribution >= 0.6 is 11.6 Å². The van der Waals surface area contributed by atoms with Crippen LogP contribution < -0.4 is 5.32 Å². The number of amides is 1. The normalized spacial score (nSPS) is 36.1. The van der Waals surface area contributed by atoms with Crippen LogP contribution in [0, 0.1) is 0 Å². The first-order valence-corrected chi connectivity index (χ1v) is 4.86. The number of nitrogens with one attached hydrogen (secondary N) is 1. The van der Waals surface area contributed by atoms with E-state index in [1.54, 1.807) is 6.92 Å². The van der Waals surface area contributed by atoms with Gasteiger partial charge in [0.05, 0.1) is 4.87 Å². The zero-order valence-corrected chi connectivity index (χ0v) is 8.45. The molecule has 70 valence electrons. The van der Waals surface area contributed by atoms with Crippen molar-refractivity contribution in [2.45, 2.75) is 50.4 Å². The highest BCUT2D eigenvalue weighted by Crippen LogP contribution is 2.33. The molecule has 2 nitrogen and oxygen atoms in total. The van der Waals surface area contributed by atoms with Gasteiger partial charge < -0.3 is 5.32 Å². The molecule has 1 aliphatic rings. The number of rotatable bonds is 1. The largest absolute Gasteiger partial charge is 0.352 e. The van der Waals surface area contributed by atoms with E-state index >= 15 is 0 Å². The van der Waals surface area contributed by atoms with Crippen LogP contribution in [0.15, 0.2) is 0 Å². The molecule has 1 N–H and O–H groups in total. The number of carbonyl (C=O) groups is 1. The van der Waals surface area contributed by atoms with E-state index in [0.717, 1.165) is 12.8 Å². The predicted octanol–water partition coefficient (Wildman–Crippen LogP) is 2.06. The Morgan fingerprint density at radius 3 is 2.75 bits per heavy atom. The molecule has 0 spiro atoms. The third-order valence-electron chi connectivity index (χ3n) is 2.51. The molecule has 1 rings (SSSR count). The van der Waals surface area contributed by atoms with Crippen molar-refractivity contribution < 1.29 is 4.79 Å². The van der Waals surface area contributed by atoms with E-state index in [2.05, 4.69) is 5.32 Å². The van der Waals surface area contributed by atoms with Crippen molar-refractivity contribution in [1.82, 2.24) is 5.32 Å². The Hall–Kier alpha value is -0.240. The molecule has 2 atom stereocenters. The molecule has 1 saturated carbocycles. The fourth-order valence-corrected chi connectivity index (χ4v) is 2.06. The molecule has 0 radical (unpaired) electrons. The maximum atomic E-state index is 10.8. The average Bonchev–Trinajstić information content (AvgIpc) is 1.92. The molecule has 0 unspecified atom stereocenters. The lowest BCUT2D eigenvalue weighted by molar-refractivity contribution is -0.120. The predicted molar refractivity (Wildman–Crippen MR) is 50.3 cm³/mol. The van der Waals surface area contributed by atoms with Gasteiger partial charge in [0.15, 0.2) is 0 Å². The number of hydrogen-bond acceptors (Lipinski definition) is 1. The minimum absolute atomic E-state index is 0.0220. The van der Waals surface area contributed by atoms with Gasteiger partial charge in [-0.05, 0) is 19.8 Å². The summed E-state index contributed by atoms with van der Waals surface area (Å²) in [7, 11) is 0. The van der Waals surface area contributed by atoms with Gasteiger partial charge in [0.1, 0.15) is 0 Å². The first-order chi connectivity index (χ1) is 5.52. The summed E-state index contributed by atoms with van der Waals surface area (Å²) < 4.78 is 0. The maximum Gasteiger partial charge on any atom is 0.217 e. The van der Waals surface area contributed by atoms with Gasteiger partial charge in [0.25, 0.3) is 0 Å². The van der Waals surface area contributed by atoms with Crippen molar-refractivity contribution in [2.75, 3.05) is 0 Å². The lowest BCUT2D eigenvalue weighted by atomic mass is 9.85. The molecule has 0 aliphatic heterocycles. The van der Waals surface area contributed by atoms with E-state index in [9.17, 15) is 4.79 Å². The molecular formula is C9H16ClNO. The van der Waals surface area contributed by atoms with Gasteiger partial charge in [-0.15, -0.1) is 11.6 Å². The summed E-state index contributed by atoms with van der Waals surface area (Å²) in [6, 6.07) is 0.158. The van der Waals surface area contributed by atoms with Crippen LogP contribution in [0.1, 0.15) is 39.5 Å². The van der Waals surface area contributed by atoms with Crippen LogP contribution in [0.3, 0.4) is 0 Å². The Labute approximate surface area is 78.7 Å². The first kappa shape index (κ1) is 9.85. The summed E-state index contributed by atoms with van der Waals surface area (Å²) in [6.07, 6.45) is 4.36. The van der Waals surface area contributed by atoms with Crippen LogP contribution in [0.2, 0.25) is 0 Å². The highest BCUT2D eigenvalue weighted by molar-refractivity contribution is 6.24. The number of hydrogen-bond donors (Lipinski definition) is 1. The quantitative estimate of drug-likeness (QED) is 0.629. The topological polar surface area (TPSA) is 29.1 Å². The second-order valence-electron chi connectivity index (χ2n) is 3.78. The van der Waals surface area contributed by atoms with E-state index < -0.39 is 0 Å². The minimum atomic E-state index is -0.232. The highest BCUT2D eigenvalue weighted by atomic mass is 35.5. The molecule has 0 aromatic carbocycles. The fourth-order valence-electron chi connectivity index (χ4n) is 1.76. The summed E-state index contributed by atoms with van der Waals surface area (Å²) in [5, 5.41) is 2.90. The molecule has 1 fully saturated rings. The molecule has 3 heteroatoms. The standard InChI is InChI=1S/C9H16ClNO/c1-7(12)11-8-5-3-4-6-9(8,2)10/h8H,3-6H2,1-2H3,(H,11,12)/t8-,9-/m1/s1. The molecule has 12 heavy (non-hydrogen) atoms. The highest BCUT2D eigenvalue weighted by Gasteiger charge is 2.34. The lowest BCUT2D eigenvalue weighted by Gasteiger charge is -2.36. The fraction of sp³-hybridized carbons (Fsp3) is 0.889. The second kappa shape index (κ2) is 3.65. The van der Waals surface area contributed by atoms with Crippen molar-refractivity contribution in [3.63, 3.8) is 0 Å². The van der Waals surface area contributed by atoms with E-state index in [1.165, 1.54) is 12.8 Å². The van der Waals surface area contributed by atoms with E-state index in [-0.39, 0.29) is 16.8 Å². The molecule has 0 heterocycles. The molecule has 1 aliphatic carbocycles. The number of alkyl halides is 1. The van der Waals surface area contributed by atoms with Gasteiger partial charge in [0.2, 0.25) is 5.91 Å². The van der Waals surface area contributed by atoms with E-state index in [0.29, 0.717) is 0 Å². The van der Waals surface area contributed by atoms with Gasteiger partial charge in [0, 0.05) is 13.0 Å². The van der Waals surface area contributed by atoms with Crippen LogP contribution in [-0.4, -0.2) is 16.8 Å². The molecule has 1 amide bonds. The Balaban J connectivity index is 2.54. The number of halogens is 1. The van der Waals surface area contributed by atoms with Crippen molar-refractivity contribution >= 4 is 17.5 Å².